The summed E-state index contributed by atoms with van der Waals surface area (Å²) in [6, 6.07) is 7.26. The standard InChI is InChI=1S/C23H18F3N3O3/c24-13-5-3-12(4-6-13)19(15-10-14(25)7-8-16(15)26)20-17-2-1-9-28(17)23(32)21-22(31)18(30)11-27-29(20)21/h3-8,10-11,17,19-20,31H,1-2,9H2/t17-,19+,20-/m1/s1. The topological polar surface area (TPSA) is 75.4 Å². The highest BCUT2D eigenvalue weighted by Crippen LogP contribution is 2.46. The van der Waals surface area contributed by atoms with Crippen LogP contribution in [0.1, 0.15) is 46.4 Å². The van der Waals surface area contributed by atoms with Crippen LogP contribution < -0.4 is 5.43 Å². The van der Waals surface area contributed by atoms with Gasteiger partial charge in [0, 0.05) is 18.0 Å². The number of carbonyl (C=O) groups excluding carboxylic acids is 1. The summed E-state index contributed by atoms with van der Waals surface area (Å²) in [6.45, 7) is 0.393. The van der Waals surface area contributed by atoms with Crippen molar-refractivity contribution in [3.63, 3.8) is 0 Å². The monoisotopic (exact) mass is 441 g/mol. The molecule has 1 N–H and O–H groups in total. The van der Waals surface area contributed by atoms with E-state index < -0.39 is 52.5 Å². The summed E-state index contributed by atoms with van der Waals surface area (Å²) in [5, 5.41) is 14.5. The molecule has 32 heavy (non-hydrogen) atoms. The molecule has 6 nitrogen and oxygen atoms in total. The summed E-state index contributed by atoms with van der Waals surface area (Å²) in [5.41, 5.74) is -0.609. The molecule has 2 aliphatic heterocycles. The SMILES string of the molecule is O=C1c2c(O)c(=O)cnn2[C@@H]([C@@H](c2ccc(F)cc2)c2cc(F)ccc2F)[C@H]2CCCN12. The normalized spacial score (nSPS) is 20.7. The van der Waals surface area contributed by atoms with Crippen molar-refractivity contribution in [2.24, 2.45) is 0 Å². The van der Waals surface area contributed by atoms with Crippen molar-refractivity contribution in [2.45, 2.75) is 30.8 Å². The van der Waals surface area contributed by atoms with E-state index in [0.717, 1.165) is 24.4 Å². The van der Waals surface area contributed by atoms with Crippen molar-refractivity contribution >= 4 is 5.91 Å². The lowest BCUT2D eigenvalue weighted by Crippen LogP contribution is -2.51. The Hall–Kier alpha value is -3.62. The molecule has 0 radical (unpaired) electrons. The average Bonchev–Trinajstić information content (AvgIpc) is 3.26. The van der Waals surface area contributed by atoms with E-state index in [4.69, 9.17) is 0 Å². The molecule has 2 aromatic carbocycles. The van der Waals surface area contributed by atoms with Gasteiger partial charge in [-0.1, -0.05) is 12.1 Å². The van der Waals surface area contributed by atoms with Crippen LogP contribution >= 0.6 is 0 Å². The van der Waals surface area contributed by atoms with Gasteiger partial charge in [-0.2, -0.15) is 5.10 Å². The largest absolute Gasteiger partial charge is 0.502 e. The lowest BCUT2D eigenvalue weighted by Gasteiger charge is -2.42. The Kier molecular flexibility index (Phi) is 4.76. The third kappa shape index (κ3) is 3.07. The molecule has 1 fully saturated rings. The predicted octanol–water partition coefficient (Wildman–Crippen LogP) is 3.36. The lowest BCUT2D eigenvalue weighted by atomic mass is 9.79. The molecule has 1 amide bonds. The third-order valence-electron chi connectivity index (χ3n) is 6.29. The van der Waals surface area contributed by atoms with Crippen molar-refractivity contribution < 1.29 is 23.1 Å². The number of nitrogens with zero attached hydrogens (tertiary/aromatic N) is 3. The van der Waals surface area contributed by atoms with E-state index in [1.54, 1.807) is 0 Å². The first-order valence-electron chi connectivity index (χ1n) is 10.2. The lowest BCUT2D eigenvalue weighted by molar-refractivity contribution is 0.0564. The van der Waals surface area contributed by atoms with E-state index in [1.807, 2.05) is 0 Å². The van der Waals surface area contributed by atoms with Crippen LogP contribution in [0.2, 0.25) is 0 Å². The molecule has 2 aliphatic rings. The maximum absolute atomic E-state index is 15.0. The first-order chi connectivity index (χ1) is 15.4. The van der Waals surface area contributed by atoms with Gasteiger partial charge < -0.3 is 10.0 Å². The van der Waals surface area contributed by atoms with E-state index in [-0.39, 0.29) is 11.3 Å². The summed E-state index contributed by atoms with van der Waals surface area (Å²) < 4.78 is 44.1. The van der Waals surface area contributed by atoms with Crippen LogP contribution in [0, 0.1) is 17.5 Å². The molecule has 0 spiro atoms. The number of rotatable bonds is 3. The minimum absolute atomic E-state index is 0.00810. The van der Waals surface area contributed by atoms with E-state index in [1.165, 1.54) is 33.8 Å². The van der Waals surface area contributed by atoms with Gasteiger partial charge >= 0.3 is 0 Å². The van der Waals surface area contributed by atoms with Gasteiger partial charge in [-0.3, -0.25) is 14.3 Å². The highest BCUT2D eigenvalue weighted by molar-refractivity contribution is 5.96. The molecular weight excluding hydrogens is 423 g/mol. The van der Waals surface area contributed by atoms with Gasteiger partial charge in [-0.15, -0.1) is 0 Å². The zero-order valence-electron chi connectivity index (χ0n) is 16.7. The maximum Gasteiger partial charge on any atom is 0.276 e. The second-order valence-corrected chi connectivity index (χ2v) is 8.04. The number of aromatic hydroxyl groups is 1. The Balaban J connectivity index is 1.81. The van der Waals surface area contributed by atoms with Crippen LogP contribution in [0.4, 0.5) is 13.2 Å². The molecule has 5 rings (SSSR count). The van der Waals surface area contributed by atoms with Crippen molar-refractivity contribution in [3.05, 3.63) is 93.2 Å². The molecule has 3 heterocycles. The van der Waals surface area contributed by atoms with Gasteiger partial charge in [-0.25, -0.2) is 13.2 Å². The second-order valence-electron chi connectivity index (χ2n) is 8.04. The quantitative estimate of drug-likeness (QED) is 0.677. The average molecular weight is 441 g/mol. The molecule has 1 aromatic heterocycles. The van der Waals surface area contributed by atoms with Crippen LogP contribution in [-0.2, 0) is 0 Å². The van der Waals surface area contributed by atoms with Crippen molar-refractivity contribution in [2.75, 3.05) is 6.54 Å². The van der Waals surface area contributed by atoms with E-state index >= 15 is 4.39 Å². The molecule has 3 atom stereocenters. The third-order valence-corrected chi connectivity index (χ3v) is 6.29. The molecule has 1 saturated heterocycles. The molecular formula is C23H18F3N3O3. The van der Waals surface area contributed by atoms with Crippen molar-refractivity contribution in [1.82, 2.24) is 14.7 Å². The van der Waals surface area contributed by atoms with Crippen LogP contribution in [0.15, 0.2) is 53.5 Å². The highest BCUT2D eigenvalue weighted by Gasteiger charge is 2.48. The highest BCUT2D eigenvalue weighted by atomic mass is 19.1. The Morgan fingerprint density at radius 3 is 2.50 bits per heavy atom. The van der Waals surface area contributed by atoms with E-state index in [9.17, 15) is 23.5 Å². The Bertz CT molecular complexity index is 1280. The zero-order valence-corrected chi connectivity index (χ0v) is 16.7. The molecule has 9 heteroatoms. The Labute approximate surface area is 180 Å². The number of benzene rings is 2. The summed E-state index contributed by atoms with van der Waals surface area (Å²) in [4.78, 5) is 26.6. The smallest absolute Gasteiger partial charge is 0.276 e. The van der Waals surface area contributed by atoms with Crippen LogP contribution in [0.25, 0.3) is 0 Å². The fraction of sp³-hybridized carbons (Fsp3) is 0.261. The van der Waals surface area contributed by atoms with Gasteiger partial charge in [0.25, 0.3) is 5.91 Å². The zero-order chi connectivity index (χ0) is 22.6. The molecule has 0 aliphatic carbocycles. The fourth-order valence-corrected chi connectivity index (χ4v) is 4.93. The van der Waals surface area contributed by atoms with Gasteiger partial charge in [0.1, 0.15) is 17.5 Å². The number of amides is 1. The van der Waals surface area contributed by atoms with E-state index in [2.05, 4.69) is 5.10 Å². The van der Waals surface area contributed by atoms with Crippen molar-refractivity contribution in [3.8, 4) is 5.75 Å². The number of hydrogen-bond acceptors (Lipinski definition) is 4. The fourth-order valence-electron chi connectivity index (χ4n) is 4.93. The molecule has 164 valence electrons. The van der Waals surface area contributed by atoms with Crippen LogP contribution in [-0.4, -0.2) is 38.3 Å². The number of fused-ring (bicyclic) bond motifs is 2. The van der Waals surface area contributed by atoms with Gasteiger partial charge in [0.05, 0.1) is 18.3 Å². The molecule has 0 saturated carbocycles. The van der Waals surface area contributed by atoms with Gasteiger partial charge in [0.15, 0.2) is 11.4 Å². The van der Waals surface area contributed by atoms with Crippen LogP contribution in [0.3, 0.4) is 0 Å². The summed E-state index contributed by atoms with van der Waals surface area (Å²) >= 11 is 0. The summed E-state index contributed by atoms with van der Waals surface area (Å²) in [7, 11) is 0. The van der Waals surface area contributed by atoms with Crippen LogP contribution in [0.5, 0.6) is 5.75 Å². The van der Waals surface area contributed by atoms with Crippen molar-refractivity contribution in [1.29, 1.82) is 0 Å². The Morgan fingerprint density at radius 1 is 1.03 bits per heavy atom. The minimum Gasteiger partial charge on any atom is -0.502 e. The Morgan fingerprint density at radius 2 is 1.75 bits per heavy atom. The first kappa shape index (κ1) is 20.3. The molecule has 0 bridgehead atoms. The summed E-state index contributed by atoms with van der Waals surface area (Å²) in [5.74, 6) is -3.97. The molecule has 0 unspecified atom stereocenters. The minimum atomic E-state index is -0.877. The maximum atomic E-state index is 15.0. The van der Waals surface area contributed by atoms with Gasteiger partial charge in [-0.05, 0) is 48.7 Å². The van der Waals surface area contributed by atoms with Gasteiger partial charge in [0.2, 0.25) is 5.43 Å². The number of halogens is 3. The number of aromatic nitrogens is 2. The van der Waals surface area contributed by atoms with E-state index in [0.29, 0.717) is 24.9 Å². The predicted molar refractivity (Wildman–Crippen MR) is 108 cm³/mol. The first-order valence-corrected chi connectivity index (χ1v) is 10.2. The second kappa shape index (κ2) is 7.51. The summed E-state index contributed by atoms with van der Waals surface area (Å²) in [6.07, 6.45) is 2.13. The number of hydrogen-bond donors (Lipinski definition) is 1. The molecule has 3 aromatic rings. The number of carbonyl (C=O) groups is 1.